The second-order valence-electron chi connectivity index (χ2n) is 8.88. The van der Waals surface area contributed by atoms with Gasteiger partial charge in [-0.2, -0.15) is 0 Å². The van der Waals surface area contributed by atoms with Crippen LogP contribution in [0.5, 0.6) is 5.75 Å². The molecule has 0 spiro atoms. The molecule has 162 valence electrons. The molecule has 1 aromatic carbocycles. The summed E-state index contributed by atoms with van der Waals surface area (Å²) in [7, 11) is 0.200. The third-order valence-corrected chi connectivity index (χ3v) is 5.91. The van der Waals surface area contributed by atoms with Crippen molar-refractivity contribution >= 4 is 36.6 Å². The average Bonchev–Trinajstić information content (AvgIpc) is 2.67. The molecule has 1 amide bonds. The second kappa shape index (κ2) is 10.3. The van der Waals surface area contributed by atoms with Gasteiger partial charge < -0.3 is 14.8 Å². The second-order valence-corrected chi connectivity index (χ2v) is 14.5. The summed E-state index contributed by atoms with van der Waals surface area (Å²) in [5.74, 6) is 3.71. The van der Waals surface area contributed by atoms with Gasteiger partial charge in [0.05, 0.1) is 5.52 Å². The predicted octanol–water partition coefficient (Wildman–Crippen LogP) is 4.46. The largest absolute Gasteiger partial charge is 0.470 e. The van der Waals surface area contributed by atoms with Gasteiger partial charge in [0.15, 0.2) is 0 Å². The quantitative estimate of drug-likeness (QED) is 0.370. The molecule has 5 nitrogen and oxygen atoms in total. The smallest absolute Gasteiger partial charge is 0.272 e. The van der Waals surface area contributed by atoms with Gasteiger partial charge in [-0.05, 0) is 50.8 Å². The molecule has 0 saturated carbocycles. The number of carbonyl (C=O) groups excluding carboxylic acids is 1. The first kappa shape index (κ1) is 24.3. The number of carbonyl (C=O) groups is 1. The molecule has 1 atom stereocenters. The fourth-order valence-electron chi connectivity index (χ4n) is 2.66. The first-order chi connectivity index (χ1) is 14.0. The van der Waals surface area contributed by atoms with Gasteiger partial charge in [0, 0.05) is 36.4 Å². The predicted molar refractivity (Wildman–Crippen MR) is 129 cm³/mol. The number of benzene rings is 1. The molecule has 2 aromatic rings. The minimum Gasteiger partial charge on any atom is -0.470 e. The van der Waals surface area contributed by atoms with Gasteiger partial charge >= 0.3 is 0 Å². The molecular weight excluding hydrogens is 412 g/mol. The molecule has 1 N–H and O–H groups in total. The van der Waals surface area contributed by atoms with Gasteiger partial charge in [-0.15, -0.1) is 17.3 Å². The van der Waals surface area contributed by atoms with E-state index in [4.69, 9.17) is 9.47 Å². The van der Waals surface area contributed by atoms with Crippen LogP contribution >= 0.6 is 11.8 Å². The fraction of sp³-hybridized carbons (Fsp3) is 0.478. The van der Waals surface area contributed by atoms with Crippen molar-refractivity contribution < 1.29 is 14.3 Å². The molecule has 1 unspecified atom stereocenters. The van der Waals surface area contributed by atoms with Crippen LogP contribution in [0.25, 0.3) is 10.9 Å². The molecular formula is C23H32N2O3SSi. The van der Waals surface area contributed by atoms with Crippen molar-refractivity contribution in [3.63, 3.8) is 0 Å². The molecule has 1 aromatic heterocycles. The molecule has 0 fully saturated rings. The van der Waals surface area contributed by atoms with Crippen molar-refractivity contribution in [2.45, 2.75) is 50.9 Å². The zero-order valence-corrected chi connectivity index (χ0v) is 20.8. The Balaban J connectivity index is 2.18. The molecule has 0 radical (unpaired) electrons. The van der Waals surface area contributed by atoms with E-state index in [0.717, 1.165) is 22.9 Å². The summed E-state index contributed by atoms with van der Waals surface area (Å²) in [5, 5.41) is 3.99. The van der Waals surface area contributed by atoms with Gasteiger partial charge in [-0.1, -0.05) is 25.6 Å². The van der Waals surface area contributed by atoms with E-state index in [1.54, 1.807) is 13.3 Å². The van der Waals surface area contributed by atoms with Crippen LogP contribution in [-0.4, -0.2) is 49.9 Å². The molecule has 1 heterocycles. The van der Waals surface area contributed by atoms with Crippen LogP contribution in [0.15, 0.2) is 30.5 Å². The zero-order valence-electron chi connectivity index (χ0n) is 19.0. The number of fused-ring (bicyclic) bond motifs is 1. The van der Waals surface area contributed by atoms with Gasteiger partial charge in [-0.25, -0.2) is 0 Å². The maximum absolute atomic E-state index is 12.7. The van der Waals surface area contributed by atoms with E-state index in [-0.39, 0.29) is 11.4 Å². The minimum atomic E-state index is -1.45. The SMILES string of the molecule is COCCC(C)(C)NC(=O)C(Oc1ccc2ncc(C#C[Si](C)(C)C)cc2c1)SC. The topological polar surface area (TPSA) is 60.5 Å². The monoisotopic (exact) mass is 444 g/mol. The average molecular weight is 445 g/mol. The van der Waals surface area contributed by atoms with Crippen LogP contribution in [0.2, 0.25) is 19.6 Å². The van der Waals surface area contributed by atoms with Crippen molar-refractivity contribution in [2.75, 3.05) is 20.0 Å². The maximum Gasteiger partial charge on any atom is 0.272 e. The maximum atomic E-state index is 12.7. The molecule has 0 bridgehead atoms. The van der Waals surface area contributed by atoms with E-state index in [1.807, 2.05) is 44.4 Å². The third-order valence-electron chi connectivity index (χ3n) is 4.30. The van der Waals surface area contributed by atoms with Crippen molar-refractivity contribution in [3.05, 3.63) is 36.0 Å². The normalized spacial score (nSPS) is 12.8. The van der Waals surface area contributed by atoms with Crippen molar-refractivity contribution in [3.8, 4) is 17.2 Å². The summed E-state index contributed by atoms with van der Waals surface area (Å²) in [5.41, 5.74) is 4.10. The molecule has 7 heteroatoms. The zero-order chi connectivity index (χ0) is 22.4. The molecule has 2 rings (SSSR count). The number of nitrogens with one attached hydrogen (secondary N) is 1. The number of pyridine rings is 1. The Hall–Kier alpha value is -2.01. The summed E-state index contributed by atoms with van der Waals surface area (Å²) in [4.78, 5) is 17.2. The van der Waals surface area contributed by atoms with Crippen LogP contribution in [0.4, 0.5) is 0 Å². The van der Waals surface area contributed by atoms with E-state index in [1.165, 1.54) is 11.8 Å². The van der Waals surface area contributed by atoms with E-state index in [0.29, 0.717) is 12.4 Å². The first-order valence-corrected chi connectivity index (χ1v) is 14.8. The summed E-state index contributed by atoms with van der Waals surface area (Å²) in [6, 6.07) is 7.67. The number of methoxy groups -OCH3 is 1. The highest BCUT2D eigenvalue weighted by Crippen LogP contribution is 2.24. The Kier molecular flexibility index (Phi) is 8.36. The number of thioether (sulfide) groups is 1. The molecule has 0 saturated heterocycles. The summed E-state index contributed by atoms with van der Waals surface area (Å²) in [6.45, 7) is 11.2. The Morgan fingerprint density at radius 3 is 2.67 bits per heavy atom. The van der Waals surface area contributed by atoms with Gasteiger partial charge in [0.1, 0.15) is 13.8 Å². The number of nitrogens with zero attached hydrogens (tertiary/aromatic N) is 1. The number of aromatic nitrogens is 1. The standard InChI is InChI=1S/C23H32N2O3SSi/c1-23(2,11-12-27-3)25-21(26)22(29-4)28-19-8-9-20-18(15-19)14-17(16-24-20)10-13-30(5,6)7/h8-9,14-16,22H,11-12H2,1-7H3,(H,25,26). The number of rotatable bonds is 8. The fourth-order valence-corrected chi connectivity index (χ4v) is 3.66. The first-order valence-electron chi connectivity index (χ1n) is 9.96. The minimum absolute atomic E-state index is 0.156. The number of hydrogen-bond acceptors (Lipinski definition) is 5. The Labute approximate surface area is 185 Å². The lowest BCUT2D eigenvalue weighted by Gasteiger charge is -2.28. The summed E-state index contributed by atoms with van der Waals surface area (Å²) in [6.07, 6.45) is 4.38. The Bertz CT molecular complexity index is 945. The third kappa shape index (κ3) is 7.67. The number of hydrogen-bond donors (Lipinski definition) is 1. The highest BCUT2D eigenvalue weighted by molar-refractivity contribution is 7.99. The lowest BCUT2D eigenvalue weighted by atomic mass is 10.0. The highest BCUT2D eigenvalue weighted by Gasteiger charge is 2.26. The van der Waals surface area contributed by atoms with Crippen LogP contribution in [-0.2, 0) is 9.53 Å². The van der Waals surface area contributed by atoms with E-state index >= 15 is 0 Å². The van der Waals surface area contributed by atoms with Crippen LogP contribution in [0.1, 0.15) is 25.8 Å². The van der Waals surface area contributed by atoms with E-state index in [2.05, 4.69) is 41.4 Å². The Morgan fingerprint density at radius 1 is 1.30 bits per heavy atom. The van der Waals surface area contributed by atoms with Gasteiger partial charge in [0.2, 0.25) is 5.44 Å². The van der Waals surface area contributed by atoms with E-state index < -0.39 is 13.5 Å². The molecule has 0 aliphatic heterocycles. The van der Waals surface area contributed by atoms with Crippen LogP contribution < -0.4 is 10.1 Å². The molecule has 0 aliphatic carbocycles. The Morgan fingerprint density at radius 2 is 2.03 bits per heavy atom. The lowest BCUT2D eigenvalue weighted by Crippen LogP contribution is -2.49. The number of ether oxygens (including phenoxy) is 2. The van der Waals surface area contributed by atoms with Crippen LogP contribution in [0, 0.1) is 11.5 Å². The number of amides is 1. The van der Waals surface area contributed by atoms with Crippen LogP contribution in [0.3, 0.4) is 0 Å². The summed E-state index contributed by atoms with van der Waals surface area (Å²) < 4.78 is 11.1. The van der Waals surface area contributed by atoms with Gasteiger partial charge in [-0.3, -0.25) is 9.78 Å². The molecule has 30 heavy (non-hydrogen) atoms. The van der Waals surface area contributed by atoms with Crippen molar-refractivity contribution in [2.24, 2.45) is 0 Å². The highest BCUT2D eigenvalue weighted by atomic mass is 32.2. The van der Waals surface area contributed by atoms with Crippen molar-refractivity contribution in [1.29, 1.82) is 0 Å². The molecule has 0 aliphatic rings. The van der Waals surface area contributed by atoms with E-state index in [9.17, 15) is 4.79 Å². The lowest BCUT2D eigenvalue weighted by molar-refractivity contribution is -0.126. The summed E-state index contributed by atoms with van der Waals surface area (Å²) >= 11 is 1.36. The van der Waals surface area contributed by atoms with Gasteiger partial charge in [0.25, 0.3) is 5.91 Å². The van der Waals surface area contributed by atoms with Crippen molar-refractivity contribution in [1.82, 2.24) is 10.3 Å².